The quantitative estimate of drug-likeness (QED) is 0.819. The normalized spacial score (nSPS) is 16.3. The van der Waals surface area contributed by atoms with E-state index in [0.717, 1.165) is 24.3 Å². The van der Waals surface area contributed by atoms with Gasteiger partial charge in [-0.05, 0) is 44.9 Å². The highest BCUT2D eigenvalue weighted by molar-refractivity contribution is 5.95. The SMILES string of the molecule is CCN(CC)C(=O)c1cccc(NC2CCCCCC2)c1. The molecule has 0 bridgehead atoms. The lowest BCUT2D eigenvalue weighted by molar-refractivity contribution is 0.0773. The van der Waals surface area contributed by atoms with Crippen LogP contribution < -0.4 is 5.32 Å². The Morgan fingerprint density at radius 3 is 2.43 bits per heavy atom. The van der Waals surface area contributed by atoms with E-state index in [4.69, 9.17) is 0 Å². The van der Waals surface area contributed by atoms with E-state index in [1.807, 2.05) is 36.9 Å². The third-order valence-corrected chi connectivity index (χ3v) is 4.39. The number of hydrogen-bond donors (Lipinski definition) is 1. The van der Waals surface area contributed by atoms with Gasteiger partial charge >= 0.3 is 0 Å². The number of nitrogens with one attached hydrogen (secondary N) is 1. The maximum absolute atomic E-state index is 12.4. The molecule has 0 saturated heterocycles. The van der Waals surface area contributed by atoms with Crippen molar-refractivity contribution >= 4 is 11.6 Å². The second-order valence-corrected chi connectivity index (χ2v) is 5.89. The van der Waals surface area contributed by atoms with Crippen LogP contribution in [-0.4, -0.2) is 29.9 Å². The fourth-order valence-electron chi connectivity index (χ4n) is 3.09. The van der Waals surface area contributed by atoms with Crippen LogP contribution in [0.15, 0.2) is 24.3 Å². The second kappa shape index (κ2) is 8.06. The largest absolute Gasteiger partial charge is 0.382 e. The maximum atomic E-state index is 12.4. The molecule has 0 spiro atoms. The molecule has 3 nitrogen and oxygen atoms in total. The first-order valence-corrected chi connectivity index (χ1v) is 8.40. The van der Waals surface area contributed by atoms with Crippen molar-refractivity contribution in [2.45, 2.75) is 58.4 Å². The summed E-state index contributed by atoms with van der Waals surface area (Å²) in [5.41, 5.74) is 1.87. The Bertz CT molecular complexity index is 446. The van der Waals surface area contributed by atoms with Crippen molar-refractivity contribution in [2.75, 3.05) is 18.4 Å². The van der Waals surface area contributed by atoms with Crippen LogP contribution in [-0.2, 0) is 0 Å². The van der Waals surface area contributed by atoms with Crippen molar-refractivity contribution in [2.24, 2.45) is 0 Å². The molecule has 0 radical (unpaired) electrons. The van der Waals surface area contributed by atoms with E-state index in [-0.39, 0.29) is 5.91 Å². The molecule has 3 heteroatoms. The summed E-state index contributed by atoms with van der Waals surface area (Å²) in [7, 11) is 0. The second-order valence-electron chi connectivity index (χ2n) is 5.89. The van der Waals surface area contributed by atoms with Gasteiger partial charge in [0.25, 0.3) is 5.91 Å². The van der Waals surface area contributed by atoms with Gasteiger partial charge in [-0.25, -0.2) is 0 Å². The lowest BCUT2D eigenvalue weighted by Gasteiger charge is -2.21. The highest BCUT2D eigenvalue weighted by atomic mass is 16.2. The number of benzene rings is 1. The first-order valence-electron chi connectivity index (χ1n) is 8.40. The molecular formula is C18H28N2O. The number of nitrogens with zero attached hydrogens (tertiary/aromatic N) is 1. The van der Waals surface area contributed by atoms with Gasteiger partial charge in [-0.3, -0.25) is 4.79 Å². The molecule has 1 aliphatic rings. The smallest absolute Gasteiger partial charge is 0.253 e. The van der Waals surface area contributed by atoms with Gasteiger partial charge in [-0.15, -0.1) is 0 Å². The molecule has 2 rings (SSSR count). The average Bonchev–Trinajstić information content (AvgIpc) is 2.77. The van der Waals surface area contributed by atoms with Gasteiger partial charge in [-0.2, -0.15) is 0 Å². The molecule has 1 aromatic rings. The van der Waals surface area contributed by atoms with Gasteiger partial charge in [0.1, 0.15) is 0 Å². The molecule has 1 aromatic carbocycles. The summed E-state index contributed by atoms with van der Waals surface area (Å²) in [6.45, 7) is 5.56. The maximum Gasteiger partial charge on any atom is 0.253 e. The molecule has 1 N–H and O–H groups in total. The van der Waals surface area contributed by atoms with E-state index in [1.165, 1.54) is 38.5 Å². The number of amides is 1. The fourth-order valence-corrected chi connectivity index (χ4v) is 3.09. The number of carbonyl (C=O) groups excluding carboxylic acids is 1. The summed E-state index contributed by atoms with van der Waals surface area (Å²) >= 11 is 0. The van der Waals surface area contributed by atoms with E-state index in [2.05, 4.69) is 11.4 Å². The van der Waals surface area contributed by atoms with Gasteiger partial charge < -0.3 is 10.2 Å². The third kappa shape index (κ3) is 4.48. The van der Waals surface area contributed by atoms with Crippen LogP contribution in [0.5, 0.6) is 0 Å². The van der Waals surface area contributed by atoms with Gasteiger partial charge in [0.05, 0.1) is 0 Å². The van der Waals surface area contributed by atoms with Gasteiger partial charge in [-0.1, -0.05) is 31.7 Å². The molecule has 21 heavy (non-hydrogen) atoms. The van der Waals surface area contributed by atoms with Crippen LogP contribution in [0, 0.1) is 0 Å². The number of rotatable bonds is 5. The topological polar surface area (TPSA) is 32.3 Å². The van der Waals surface area contributed by atoms with Gasteiger partial charge in [0.15, 0.2) is 0 Å². The molecule has 0 unspecified atom stereocenters. The van der Waals surface area contributed by atoms with Crippen molar-refractivity contribution in [1.82, 2.24) is 4.90 Å². The Morgan fingerprint density at radius 1 is 1.14 bits per heavy atom. The Hall–Kier alpha value is -1.51. The van der Waals surface area contributed by atoms with Gasteiger partial charge in [0, 0.05) is 30.4 Å². The average molecular weight is 288 g/mol. The zero-order valence-electron chi connectivity index (χ0n) is 13.4. The van der Waals surface area contributed by atoms with E-state index >= 15 is 0 Å². The van der Waals surface area contributed by atoms with E-state index < -0.39 is 0 Å². The van der Waals surface area contributed by atoms with Crippen molar-refractivity contribution in [3.63, 3.8) is 0 Å². The zero-order chi connectivity index (χ0) is 15.1. The molecule has 1 aliphatic carbocycles. The van der Waals surface area contributed by atoms with E-state index in [1.54, 1.807) is 0 Å². The monoisotopic (exact) mass is 288 g/mol. The summed E-state index contributed by atoms with van der Waals surface area (Å²) in [5, 5.41) is 3.62. The zero-order valence-corrected chi connectivity index (χ0v) is 13.4. The summed E-state index contributed by atoms with van der Waals surface area (Å²) < 4.78 is 0. The lowest BCUT2D eigenvalue weighted by atomic mass is 10.1. The molecular weight excluding hydrogens is 260 g/mol. The highest BCUT2D eigenvalue weighted by Gasteiger charge is 2.15. The molecule has 0 atom stereocenters. The van der Waals surface area contributed by atoms with E-state index in [9.17, 15) is 4.79 Å². The lowest BCUT2D eigenvalue weighted by Crippen LogP contribution is -2.30. The Kier molecular flexibility index (Phi) is 6.09. The Balaban J connectivity index is 2.04. The van der Waals surface area contributed by atoms with Crippen LogP contribution >= 0.6 is 0 Å². The van der Waals surface area contributed by atoms with Crippen LogP contribution in [0.2, 0.25) is 0 Å². The highest BCUT2D eigenvalue weighted by Crippen LogP contribution is 2.22. The first kappa shape index (κ1) is 15.9. The van der Waals surface area contributed by atoms with Crippen LogP contribution in [0.3, 0.4) is 0 Å². The Labute approximate surface area is 128 Å². The third-order valence-electron chi connectivity index (χ3n) is 4.39. The summed E-state index contributed by atoms with van der Waals surface area (Å²) in [6.07, 6.45) is 7.84. The summed E-state index contributed by atoms with van der Waals surface area (Å²) in [5.74, 6) is 0.129. The van der Waals surface area contributed by atoms with Crippen LogP contribution in [0.4, 0.5) is 5.69 Å². The van der Waals surface area contributed by atoms with Crippen molar-refractivity contribution in [3.05, 3.63) is 29.8 Å². The van der Waals surface area contributed by atoms with Crippen LogP contribution in [0.1, 0.15) is 62.7 Å². The molecule has 0 aromatic heterocycles. The van der Waals surface area contributed by atoms with Gasteiger partial charge in [0.2, 0.25) is 0 Å². The minimum absolute atomic E-state index is 0.129. The summed E-state index contributed by atoms with van der Waals surface area (Å²) in [6, 6.07) is 8.54. The fraction of sp³-hybridized carbons (Fsp3) is 0.611. The predicted octanol–water partition coefficient (Wildman–Crippen LogP) is 4.30. The minimum Gasteiger partial charge on any atom is -0.382 e. The Morgan fingerprint density at radius 2 is 1.81 bits per heavy atom. The predicted molar refractivity (Wildman–Crippen MR) is 88.8 cm³/mol. The van der Waals surface area contributed by atoms with Crippen molar-refractivity contribution in [1.29, 1.82) is 0 Å². The van der Waals surface area contributed by atoms with Crippen molar-refractivity contribution < 1.29 is 4.79 Å². The van der Waals surface area contributed by atoms with Crippen molar-refractivity contribution in [3.8, 4) is 0 Å². The first-order chi connectivity index (χ1) is 10.2. The minimum atomic E-state index is 0.129. The van der Waals surface area contributed by atoms with Crippen LogP contribution in [0.25, 0.3) is 0 Å². The molecule has 1 saturated carbocycles. The summed E-state index contributed by atoms with van der Waals surface area (Å²) in [4.78, 5) is 14.3. The number of hydrogen-bond acceptors (Lipinski definition) is 2. The molecule has 1 fully saturated rings. The molecule has 116 valence electrons. The van der Waals surface area contributed by atoms with E-state index in [0.29, 0.717) is 6.04 Å². The standard InChI is InChI=1S/C18H28N2O/c1-3-20(4-2)18(21)15-10-9-13-17(14-15)19-16-11-7-5-6-8-12-16/h9-10,13-14,16,19H,3-8,11-12H2,1-2H3. The molecule has 1 amide bonds. The number of carbonyl (C=O) groups is 1. The number of anilines is 1. The molecule has 0 heterocycles. The molecule has 0 aliphatic heterocycles.